The van der Waals surface area contributed by atoms with E-state index in [2.05, 4.69) is 10.3 Å². The number of carbonyl (C=O) groups excluding carboxylic acids is 2. The molecule has 1 aliphatic heterocycles. The zero-order valence-electron chi connectivity index (χ0n) is 14.4. The minimum absolute atomic E-state index is 0.0194. The second kappa shape index (κ2) is 7.93. The maximum absolute atomic E-state index is 13.9. The molecule has 0 unspecified atom stereocenters. The Labute approximate surface area is 146 Å². The van der Waals surface area contributed by atoms with Crippen LogP contribution in [0, 0.1) is 5.92 Å². The number of rotatable bonds is 6. The van der Waals surface area contributed by atoms with Crippen LogP contribution < -0.4 is 5.73 Å². The largest absolute Gasteiger partial charge is 0.364 e. The molecule has 2 aliphatic rings. The van der Waals surface area contributed by atoms with Gasteiger partial charge in [0.15, 0.2) is 5.69 Å². The molecule has 0 spiro atoms. The summed E-state index contributed by atoms with van der Waals surface area (Å²) in [6.45, 7) is 0.474. The van der Waals surface area contributed by atoms with E-state index in [1.165, 1.54) is 43.0 Å². The molecule has 1 saturated heterocycles. The summed E-state index contributed by atoms with van der Waals surface area (Å²) in [4.78, 5) is 25.3. The summed E-state index contributed by atoms with van der Waals surface area (Å²) in [6.07, 6.45) is 8.33. The fraction of sp³-hybridized carbons (Fsp3) is 0.765. The van der Waals surface area contributed by atoms with Crippen molar-refractivity contribution in [3.05, 3.63) is 11.9 Å². The molecular weight excluding hydrogens is 325 g/mol. The minimum atomic E-state index is -1.01. The lowest BCUT2D eigenvalue weighted by atomic mass is 9.86. The van der Waals surface area contributed by atoms with E-state index in [9.17, 15) is 14.0 Å². The fourth-order valence-corrected chi connectivity index (χ4v) is 4.00. The van der Waals surface area contributed by atoms with Crippen molar-refractivity contribution >= 4 is 11.8 Å². The Morgan fingerprint density at radius 1 is 1.28 bits per heavy atom. The number of nitrogens with zero attached hydrogens (tertiary/aromatic N) is 4. The lowest BCUT2D eigenvalue weighted by molar-refractivity contribution is -0.132. The molecule has 2 amide bonds. The van der Waals surface area contributed by atoms with Crippen LogP contribution >= 0.6 is 0 Å². The van der Waals surface area contributed by atoms with Gasteiger partial charge in [-0.3, -0.25) is 9.59 Å². The first kappa shape index (κ1) is 17.8. The van der Waals surface area contributed by atoms with Gasteiger partial charge in [-0.15, -0.1) is 5.10 Å². The van der Waals surface area contributed by atoms with Gasteiger partial charge in [0, 0.05) is 12.8 Å². The number of primary amides is 1. The Balaban J connectivity index is 1.56. The summed E-state index contributed by atoms with van der Waals surface area (Å²) in [6, 6.07) is -0.253. The van der Waals surface area contributed by atoms with Crippen LogP contribution in [0.15, 0.2) is 6.20 Å². The summed E-state index contributed by atoms with van der Waals surface area (Å²) >= 11 is 0. The summed E-state index contributed by atoms with van der Waals surface area (Å²) in [7, 11) is 0. The van der Waals surface area contributed by atoms with Gasteiger partial charge in [0.2, 0.25) is 5.91 Å². The number of nitrogens with two attached hydrogens (primary N) is 1. The van der Waals surface area contributed by atoms with Gasteiger partial charge in [0.1, 0.15) is 6.17 Å². The minimum Gasteiger partial charge on any atom is -0.364 e. The molecule has 1 saturated carbocycles. The lowest BCUT2D eigenvalue weighted by Crippen LogP contribution is -2.38. The van der Waals surface area contributed by atoms with E-state index in [4.69, 9.17) is 5.73 Å². The number of amides is 2. The third kappa shape index (κ3) is 4.55. The molecule has 0 aromatic carbocycles. The van der Waals surface area contributed by atoms with E-state index < -0.39 is 12.1 Å². The second-order valence-corrected chi connectivity index (χ2v) is 7.27. The summed E-state index contributed by atoms with van der Waals surface area (Å²) in [5.41, 5.74) is 5.24. The van der Waals surface area contributed by atoms with Gasteiger partial charge in [0.25, 0.3) is 5.91 Å². The van der Waals surface area contributed by atoms with E-state index in [-0.39, 0.29) is 24.2 Å². The molecular formula is C17H26FN5O2. The lowest BCUT2D eigenvalue weighted by Gasteiger charge is -2.26. The van der Waals surface area contributed by atoms with Gasteiger partial charge >= 0.3 is 0 Å². The van der Waals surface area contributed by atoms with Crippen molar-refractivity contribution in [1.82, 2.24) is 19.9 Å². The van der Waals surface area contributed by atoms with Gasteiger partial charge in [-0.1, -0.05) is 37.3 Å². The summed E-state index contributed by atoms with van der Waals surface area (Å²) in [5.74, 6) is 0.000727. The molecule has 1 aliphatic carbocycles. The average Bonchev–Trinajstić information content (AvgIpc) is 3.21. The molecule has 2 N–H and O–H groups in total. The van der Waals surface area contributed by atoms with Crippen molar-refractivity contribution in [2.75, 3.05) is 6.54 Å². The SMILES string of the molecule is NC(=O)c1cn(C[C@@H]2C[C@H](F)CN2C(=O)CCC2CCCCC2)nn1. The highest BCUT2D eigenvalue weighted by molar-refractivity contribution is 5.90. The van der Waals surface area contributed by atoms with Crippen molar-refractivity contribution in [2.24, 2.45) is 11.7 Å². The maximum Gasteiger partial charge on any atom is 0.270 e. The van der Waals surface area contributed by atoms with Crippen LogP contribution in [0.1, 0.15) is 61.9 Å². The molecule has 2 atom stereocenters. The Hall–Kier alpha value is -1.99. The predicted molar refractivity (Wildman–Crippen MR) is 89.4 cm³/mol. The number of alkyl halides is 1. The topological polar surface area (TPSA) is 94.1 Å². The smallest absolute Gasteiger partial charge is 0.270 e. The van der Waals surface area contributed by atoms with Gasteiger partial charge < -0.3 is 10.6 Å². The quantitative estimate of drug-likeness (QED) is 0.843. The van der Waals surface area contributed by atoms with Crippen LogP contribution in [0.3, 0.4) is 0 Å². The molecule has 1 aromatic heterocycles. The monoisotopic (exact) mass is 351 g/mol. The van der Waals surface area contributed by atoms with Crippen LogP contribution in [0.2, 0.25) is 0 Å². The molecule has 1 aromatic rings. The number of halogens is 1. The normalized spacial score (nSPS) is 24.6. The van der Waals surface area contributed by atoms with Gasteiger partial charge in [-0.2, -0.15) is 0 Å². The zero-order valence-corrected chi connectivity index (χ0v) is 14.4. The van der Waals surface area contributed by atoms with Gasteiger partial charge in [-0.05, 0) is 12.3 Å². The van der Waals surface area contributed by atoms with E-state index in [1.54, 1.807) is 4.90 Å². The van der Waals surface area contributed by atoms with Crippen LogP contribution in [0.5, 0.6) is 0 Å². The molecule has 8 heteroatoms. The Morgan fingerprint density at radius 2 is 2.04 bits per heavy atom. The molecule has 138 valence electrons. The van der Waals surface area contributed by atoms with E-state index in [0.717, 1.165) is 6.42 Å². The molecule has 2 fully saturated rings. The van der Waals surface area contributed by atoms with Gasteiger partial charge in [-0.25, -0.2) is 9.07 Å². The summed E-state index contributed by atoms with van der Waals surface area (Å²) in [5, 5.41) is 7.53. The van der Waals surface area contributed by atoms with E-state index in [1.807, 2.05) is 0 Å². The number of hydrogen-bond donors (Lipinski definition) is 1. The fourth-order valence-electron chi connectivity index (χ4n) is 4.00. The van der Waals surface area contributed by atoms with Gasteiger partial charge in [0.05, 0.1) is 25.3 Å². The molecule has 0 radical (unpaired) electrons. The summed E-state index contributed by atoms with van der Waals surface area (Å²) < 4.78 is 15.4. The zero-order chi connectivity index (χ0) is 17.8. The molecule has 3 rings (SSSR count). The first-order chi connectivity index (χ1) is 12.0. The molecule has 2 heterocycles. The number of carbonyl (C=O) groups is 2. The average molecular weight is 351 g/mol. The van der Waals surface area contributed by atoms with Crippen molar-refractivity contribution in [3.63, 3.8) is 0 Å². The highest BCUT2D eigenvalue weighted by Gasteiger charge is 2.35. The van der Waals surface area contributed by atoms with Crippen molar-refractivity contribution in [2.45, 2.75) is 70.1 Å². The van der Waals surface area contributed by atoms with Crippen LogP contribution in [-0.4, -0.2) is 50.5 Å². The second-order valence-electron chi connectivity index (χ2n) is 7.27. The van der Waals surface area contributed by atoms with E-state index >= 15 is 0 Å². The Kier molecular flexibility index (Phi) is 5.65. The Morgan fingerprint density at radius 3 is 2.72 bits per heavy atom. The highest BCUT2D eigenvalue weighted by Crippen LogP contribution is 2.29. The third-order valence-corrected chi connectivity index (χ3v) is 5.36. The Bertz CT molecular complexity index is 614. The molecule has 25 heavy (non-hydrogen) atoms. The van der Waals surface area contributed by atoms with Crippen LogP contribution in [-0.2, 0) is 11.3 Å². The maximum atomic E-state index is 13.9. The highest BCUT2D eigenvalue weighted by atomic mass is 19.1. The first-order valence-corrected chi connectivity index (χ1v) is 9.16. The number of hydrogen-bond acceptors (Lipinski definition) is 4. The molecule has 0 bridgehead atoms. The standard InChI is InChI=1S/C17H26FN5O2/c18-13-8-14(10-22-11-15(17(19)25)20-21-22)23(9-13)16(24)7-6-12-4-2-1-3-5-12/h11-14H,1-10H2,(H2,19,25)/t13-,14-/m0/s1. The third-order valence-electron chi connectivity index (χ3n) is 5.36. The number of likely N-dealkylation sites (tertiary alicyclic amines) is 1. The van der Waals surface area contributed by atoms with Crippen molar-refractivity contribution in [3.8, 4) is 0 Å². The predicted octanol–water partition coefficient (Wildman–Crippen LogP) is 1.68. The number of aromatic nitrogens is 3. The van der Waals surface area contributed by atoms with Crippen LogP contribution in [0.4, 0.5) is 4.39 Å². The van der Waals surface area contributed by atoms with Crippen molar-refractivity contribution < 1.29 is 14.0 Å². The molecule has 7 nitrogen and oxygen atoms in total. The van der Waals surface area contributed by atoms with Crippen molar-refractivity contribution in [1.29, 1.82) is 0 Å². The first-order valence-electron chi connectivity index (χ1n) is 9.16. The van der Waals surface area contributed by atoms with E-state index in [0.29, 0.717) is 25.3 Å². The van der Waals surface area contributed by atoms with Crippen LogP contribution in [0.25, 0.3) is 0 Å².